The first-order chi connectivity index (χ1) is 9.78. The summed E-state index contributed by atoms with van der Waals surface area (Å²) in [6, 6.07) is 0.703. The van der Waals surface area contributed by atoms with E-state index in [1.807, 2.05) is 4.90 Å². The van der Waals surface area contributed by atoms with Crippen LogP contribution in [-0.2, 0) is 9.53 Å². The van der Waals surface area contributed by atoms with Crippen molar-refractivity contribution in [3.8, 4) is 0 Å². The average Bonchev–Trinajstić information content (AvgIpc) is 2.93. The molecule has 0 saturated carbocycles. The van der Waals surface area contributed by atoms with E-state index in [2.05, 4.69) is 10.6 Å². The van der Waals surface area contributed by atoms with Crippen molar-refractivity contribution < 1.29 is 14.6 Å². The molecule has 2 heterocycles. The van der Waals surface area contributed by atoms with Gasteiger partial charge in [0.05, 0.1) is 13.2 Å². The third-order valence-corrected chi connectivity index (χ3v) is 4.01. The van der Waals surface area contributed by atoms with E-state index in [1.54, 1.807) is 0 Å². The summed E-state index contributed by atoms with van der Waals surface area (Å²) in [6.07, 6.45) is 4.15. The zero-order valence-electron chi connectivity index (χ0n) is 12.1. The Hall–Kier alpha value is -0.690. The Labute approximate surface area is 120 Å². The molecule has 20 heavy (non-hydrogen) atoms. The maximum atomic E-state index is 12.1. The quantitative estimate of drug-likeness (QED) is 0.578. The number of carbonyl (C=O) groups is 1. The maximum Gasteiger partial charge on any atom is 0.234 e. The summed E-state index contributed by atoms with van der Waals surface area (Å²) in [5.41, 5.74) is 0. The lowest BCUT2D eigenvalue weighted by molar-refractivity contribution is -0.123. The second-order valence-corrected chi connectivity index (χ2v) is 5.71. The van der Waals surface area contributed by atoms with Gasteiger partial charge in [-0.1, -0.05) is 0 Å². The van der Waals surface area contributed by atoms with Crippen LogP contribution >= 0.6 is 0 Å². The number of carbonyl (C=O) groups excluding carboxylic acids is 1. The van der Waals surface area contributed by atoms with Gasteiger partial charge in [0.1, 0.15) is 0 Å². The zero-order valence-corrected chi connectivity index (χ0v) is 12.1. The van der Waals surface area contributed by atoms with E-state index in [0.717, 1.165) is 45.6 Å². The van der Waals surface area contributed by atoms with Crippen LogP contribution in [-0.4, -0.2) is 74.0 Å². The lowest BCUT2D eigenvalue weighted by Crippen LogP contribution is -2.47. The molecule has 0 bridgehead atoms. The van der Waals surface area contributed by atoms with Crippen LogP contribution in [0.3, 0.4) is 0 Å². The van der Waals surface area contributed by atoms with Gasteiger partial charge >= 0.3 is 0 Å². The molecule has 0 aromatic heterocycles. The molecule has 0 aliphatic carbocycles. The largest absolute Gasteiger partial charge is 0.395 e. The highest BCUT2D eigenvalue weighted by Gasteiger charge is 2.21. The monoisotopic (exact) mass is 285 g/mol. The highest BCUT2D eigenvalue weighted by molar-refractivity contribution is 5.78. The van der Waals surface area contributed by atoms with Crippen LogP contribution in [0.15, 0.2) is 0 Å². The van der Waals surface area contributed by atoms with Crippen molar-refractivity contribution in [1.29, 1.82) is 0 Å². The molecule has 0 radical (unpaired) electrons. The van der Waals surface area contributed by atoms with Crippen LogP contribution in [0, 0.1) is 0 Å². The minimum Gasteiger partial charge on any atom is -0.395 e. The van der Waals surface area contributed by atoms with E-state index in [-0.39, 0.29) is 18.6 Å². The van der Waals surface area contributed by atoms with Crippen LogP contribution in [0.2, 0.25) is 0 Å². The Morgan fingerprint density at radius 1 is 1.35 bits per heavy atom. The van der Waals surface area contributed by atoms with Crippen LogP contribution in [0.1, 0.15) is 25.7 Å². The van der Waals surface area contributed by atoms with Crippen LogP contribution in [0.4, 0.5) is 0 Å². The van der Waals surface area contributed by atoms with Crippen molar-refractivity contribution in [3.05, 3.63) is 0 Å². The summed E-state index contributed by atoms with van der Waals surface area (Å²) in [6.45, 7) is 4.38. The van der Waals surface area contributed by atoms with Gasteiger partial charge in [-0.05, 0) is 32.2 Å². The Morgan fingerprint density at radius 2 is 2.15 bits per heavy atom. The first-order valence-corrected chi connectivity index (χ1v) is 7.71. The predicted octanol–water partition coefficient (Wildman–Crippen LogP) is -0.672. The van der Waals surface area contributed by atoms with Gasteiger partial charge in [-0.2, -0.15) is 0 Å². The number of hydrogen-bond acceptors (Lipinski definition) is 5. The lowest BCUT2D eigenvalue weighted by atomic mass is 10.1. The third-order valence-electron chi connectivity index (χ3n) is 4.01. The highest BCUT2D eigenvalue weighted by atomic mass is 16.5. The highest BCUT2D eigenvalue weighted by Crippen LogP contribution is 2.08. The zero-order chi connectivity index (χ0) is 14.2. The van der Waals surface area contributed by atoms with Gasteiger partial charge in [0, 0.05) is 38.4 Å². The fourth-order valence-electron chi connectivity index (χ4n) is 2.92. The summed E-state index contributed by atoms with van der Waals surface area (Å²) in [5, 5.41) is 15.6. The van der Waals surface area contributed by atoms with Gasteiger partial charge in [0.2, 0.25) is 5.91 Å². The van der Waals surface area contributed by atoms with Crippen molar-refractivity contribution in [1.82, 2.24) is 15.5 Å². The molecule has 0 aromatic carbocycles. The number of amides is 1. The molecule has 2 fully saturated rings. The number of nitrogens with zero attached hydrogens (tertiary/aromatic N) is 1. The van der Waals surface area contributed by atoms with Gasteiger partial charge in [0.25, 0.3) is 0 Å². The van der Waals surface area contributed by atoms with Crippen molar-refractivity contribution >= 4 is 5.91 Å². The van der Waals surface area contributed by atoms with Crippen LogP contribution in [0.5, 0.6) is 0 Å². The number of nitrogens with one attached hydrogen (secondary N) is 2. The minimum atomic E-state index is 0.0587. The SMILES string of the molecule is O=C(CN(CCO)CC1CCCN1)NC1CCOCC1. The molecular formula is C14H27N3O3. The van der Waals surface area contributed by atoms with Crippen molar-refractivity contribution in [2.75, 3.05) is 46.0 Å². The molecule has 1 unspecified atom stereocenters. The molecule has 1 atom stereocenters. The van der Waals surface area contributed by atoms with Gasteiger partial charge in [0.15, 0.2) is 0 Å². The molecule has 2 rings (SSSR count). The Morgan fingerprint density at radius 3 is 2.80 bits per heavy atom. The van der Waals surface area contributed by atoms with Gasteiger partial charge < -0.3 is 20.5 Å². The Kier molecular flexibility index (Phi) is 6.72. The molecule has 2 saturated heterocycles. The first kappa shape index (κ1) is 15.7. The first-order valence-electron chi connectivity index (χ1n) is 7.71. The fraction of sp³-hybridized carbons (Fsp3) is 0.929. The second kappa shape index (κ2) is 8.56. The second-order valence-electron chi connectivity index (χ2n) is 5.71. The Bertz CT molecular complexity index is 289. The van der Waals surface area contributed by atoms with E-state index in [1.165, 1.54) is 6.42 Å². The van der Waals surface area contributed by atoms with Crippen LogP contribution < -0.4 is 10.6 Å². The molecule has 6 nitrogen and oxygen atoms in total. The summed E-state index contributed by atoms with van der Waals surface area (Å²) >= 11 is 0. The summed E-state index contributed by atoms with van der Waals surface area (Å²) in [5.74, 6) is 0.0587. The molecule has 0 spiro atoms. The molecule has 6 heteroatoms. The summed E-state index contributed by atoms with van der Waals surface area (Å²) < 4.78 is 5.29. The van der Waals surface area contributed by atoms with Crippen LogP contribution in [0.25, 0.3) is 0 Å². The minimum absolute atomic E-state index is 0.0587. The number of aliphatic hydroxyl groups excluding tert-OH is 1. The molecular weight excluding hydrogens is 258 g/mol. The number of ether oxygens (including phenoxy) is 1. The number of hydrogen-bond donors (Lipinski definition) is 3. The third kappa shape index (κ3) is 5.36. The smallest absolute Gasteiger partial charge is 0.234 e. The molecule has 2 aliphatic rings. The fourth-order valence-corrected chi connectivity index (χ4v) is 2.92. The normalized spacial score (nSPS) is 24.2. The molecule has 2 aliphatic heterocycles. The van der Waals surface area contributed by atoms with Crippen molar-refractivity contribution in [2.45, 2.75) is 37.8 Å². The van der Waals surface area contributed by atoms with Gasteiger partial charge in [-0.15, -0.1) is 0 Å². The van der Waals surface area contributed by atoms with Gasteiger partial charge in [-0.25, -0.2) is 0 Å². The number of aliphatic hydroxyl groups is 1. The van der Waals surface area contributed by atoms with Crippen molar-refractivity contribution in [3.63, 3.8) is 0 Å². The maximum absolute atomic E-state index is 12.1. The molecule has 116 valence electrons. The average molecular weight is 285 g/mol. The standard InChI is InChI=1S/C14H27N3O3/c18-7-6-17(10-13-2-1-5-15-13)11-14(19)16-12-3-8-20-9-4-12/h12-13,15,18H,1-11H2,(H,16,19). The predicted molar refractivity (Wildman–Crippen MR) is 76.5 cm³/mol. The number of rotatable bonds is 7. The van der Waals surface area contributed by atoms with Gasteiger partial charge in [-0.3, -0.25) is 9.69 Å². The van der Waals surface area contributed by atoms with E-state index in [4.69, 9.17) is 9.84 Å². The van der Waals surface area contributed by atoms with E-state index in [9.17, 15) is 4.79 Å². The summed E-state index contributed by atoms with van der Waals surface area (Å²) in [4.78, 5) is 14.1. The molecule has 0 aromatic rings. The van der Waals surface area contributed by atoms with E-state index >= 15 is 0 Å². The molecule has 3 N–H and O–H groups in total. The molecule has 1 amide bonds. The van der Waals surface area contributed by atoms with E-state index in [0.29, 0.717) is 19.1 Å². The lowest BCUT2D eigenvalue weighted by Gasteiger charge is -2.27. The topological polar surface area (TPSA) is 73.8 Å². The Balaban J connectivity index is 1.72. The van der Waals surface area contributed by atoms with E-state index < -0.39 is 0 Å². The van der Waals surface area contributed by atoms with Crippen molar-refractivity contribution in [2.24, 2.45) is 0 Å². The summed E-state index contributed by atoms with van der Waals surface area (Å²) in [7, 11) is 0.